The molecule has 6 heteroatoms. The van der Waals surface area contributed by atoms with Gasteiger partial charge in [-0.3, -0.25) is 4.79 Å². The van der Waals surface area contributed by atoms with E-state index in [-0.39, 0.29) is 24.4 Å². The maximum Gasteiger partial charge on any atom is 0.249 e. The van der Waals surface area contributed by atoms with E-state index in [9.17, 15) is 9.18 Å². The first-order valence-corrected chi connectivity index (χ1v) is 7.33. The predicted octanol–water partition coefficient (Wildman–Crippen LogP) is 2.12. The highest BCUT2D eigenvalue weighted by Crippen LogP contribution is 2.18. The van der Waals surface area contributed by atoms with Crippen molar-refractivity contribution >= 4 is 5.91 Å². The summed E-state index contributed by atoms with van der Waals surface area (Å²) in [7, 11) is 0. The Morgan fingerprint density at radius 1 is 1.55 bits per heavy atom. The van der Waals surface area contributed by atoms with Crippen molar-refractivity contribution in [3.05, 3.63) is 47.8 Å². The van der Waals surface area contributed by atoms with Gasteiger partial charge in [0.25, 0.3) is 0 Å². The van der Waals surface area contributed by atoms with Gasteiger partial charge in [0.1, 0.15) is 17.7 Å². The highest BCUT2D eigenvalue weighted by atomic mass is 19.1. The second-order valence-electron chi connectivity index (χ2n) is 5.34. The summed E-state index contributed by atoms with van der Waals surface area (Å²) in [5.74, 6) is 0.330. The van der Waals surface area contributed by atoms with Crippen LogP contribution in [0.4, 0.5) is 4.39 Å². The van der Waals surface area contributed by atoms with Gasteiger partial charge >= 0.3 is 0 Å². The van der Waals surface area contributed by atoms with Crippen molar-refractivity contribution in [2.45, 2.75) is 32.4 Å². The molecule has 0 spiro atoms. The Kier molecular flexibility index (Phi) is 4.20. The van der Waals surface area contributed by atoms with Gasteiger partial charge in [-0.1, -0.05) is 0 Å². The van der Waals surface area contributed by atoms with E-state index in [0.29, 0.717) is 12.2 Å². The molecule has 1 fully saturated rings. The van der Waals surface area contributed by atoms with E-state index in [1.54, 1.807) is 12.3 Å². The van der Waals surface area contributed by atoms with Gasteiger partial charge in [0, 0.05) is 25.5 Å². The number of nitrogens with one attached hydrogen (secondary N) is 1. The van der Waals surface area contributed by atoms with Gasteiger partial charge in [0.2, 0.25) is 5.91 Å². The molecule has 3 rings (SSSR count). The third kappa shape index (κ3) is 3.01. The minimum atomic E-state index is -0.382. The largest absolute Gasteiger partial charge is 0.368 e. The number of amides is 1. The molecule has 116 valence electrons. The normalized spacial score (nSPS) is 17.6. The molecule has 0 aliphatic carbocycles. The summed E-state index contributed by atoms with van der Waals surface area (Å²) < 4.78 is 20.8. The van der Waals surface area contributed by atoms with Crippen LogP contribution in [0, 0.1) is 12.7 Å². The minimum absolute atomic E-state index is 0.143. The molecule has 1 amide bonds. The van der Waals surface area contributed by atoms with Crippen LogP contribution in [0.1, 0.15) is 24.2 Å². The molecule has 0 unspecified atom stereocenters. The van der Waals surface area contributed by atoms with Gasteiger partial charge in [0.15, 0.2) is 0 Å². The van der Waals surface area contributed by atoms with Crippen LogP contribution in [0.25, 0.3) is 5.69 Å². The zero-order valence-corrected chi connectivity index (χ0v) is 12.4. The van der Waals surface area contributed by atoms with E-state index in [2.05, 4.69) is 10.3 Å². The van der Waals surface area contributed by atoms with E-state index < -0.39 is 0 Å². The summed E-state index contributed by atoms with van der Waals surface area (Å²) in [6, 6.07) is 4.53. The molecule has 1 aromatic heterocycles. The Balaban J connectivity index is 1.79. The summed E-state index contributed by atoms with van der Waals surface area (Å²) in [4.78, 5) is 16.2. The monoisotopic (exact) mass is 303 g/mol. The first kappa shape index (κ1) is 14.7. The number of aromatic nitrogens is 2. The second kappa shape index (κ2) is 6.27. The molecule has 1 atom stereocenters. The zero-order chi connectivity index (χ0) is 15.5. The number of hydrogen-bond acceptors (Lipinski definition) is 3. The quantitative estimate of drug-likeness (QED) is 0.941. The summed E-state index contributed by atoms with van der Waals surface area (Å²) in [5, 5.41) is 2.83. The molecular formula is C16H18FN3O2. The first-order valence-electron chi connectivity index (χ1n) is 7.33. The Morgan fingerprint density at radius 3 is 3.09 bits per heavy atom. The van der Waals surface area contributed by atoms with Crippen molar-refractivity contribution in [1.82, 2.24) is 14.9 Å². The molecule has 22 heavy (non-hydrogen) atoms. The number of rotatable bonds is 4. The van der Waals surface area contributed by atoms with Gasteiger partial charge in [-0.15, -0.1) is 0 Å². The van der Waals surface area contributed by atoms with Crippen molar-refractivity contribution in [3.8, 4) is 5.69 Å². The molecule has 0 saturated carbocycles. The number of aryl methyl sites for hydroxylation is 1. The van der Waals surface area contributed by atoms with Crippen LogP contribution in [0.3, 0.4) is 0 Å². The lowest BCUT2D eigenvalue weighted by atomic mass is 10.1. The lowest BCUT2D eigenvalue weighted by molar-refractivity contribution is -0.130. The molecular weight excluding hydrogens is 285 g/mol. The summed E-state index contributed by atoms with van der Waals surface area (Å²) in [5.41, 5.74) is 1.51. The van der Waals surface area contributed by atoms with Crippen LogP contribution in [0.15, 0.2) is 30.6 Å². The third-order valence-electron chi connectivity index (χ3n) is 3.80. The van der Waals surface area contributed by atoms with Crippen molar-refractivity contribution in [2.75, 3.05) is 6.61 Å². The van der Waals surface area contributed by atoms with E-state index in [1.807, 2.05) is 17.7 Å². The molecule has 1 saturated heterocycles. The number of imidazole rings is 1. The van der Waals surface area contributed by atoms with Crippen LogP contribution < -0.4 is 5.32 Å². The number of hydrogen-bond donors (Lipinski definition) is 1. The van der Waals surface area contributed by atoms with Crippen molar-refractivity contribution in [2.24, 2.45) is 0 Å². The van der Waals surface area contributed by atoms with Crippen LogP contribution in [-0.2, 0) is 16.1 Å². The summed E-state index contributed by atoms with van der Waals surface area (Å²) in [6.45, 7) is 2.75. The Labute approximate surface area is 128 Å². The molecule has 2 heterocycles. The SMILES string of the molecule is Cc1nccn1-c1ccc(F)cc1CNC(=O)[C@H]1CCCO1. The number of carbonyl (C=O) groups is 1. The van der Waals surface area contributed by atoms with Gasteiger partial charge in [-0.2, -0.15) is 0 Å². The Hall–Kier alpha value is -2.21. The van der Waals surface area contributed by atoms with Gasteiger partial charge in [-0.05, 0) is 43.5 Å². The standard InChI is InChI=1S/C16H18FN3O2/c1-11-18-6-7-20(11)14-5-4-13(17)9-12(14)10-19-16(21)15-3-2-8-22-15/h4-7,9,15H,2-3,8,10H2,1H3,(H,19,21)/t15-/m1/s1. The fourth-order valence-electron chi connectivity index (χ4n) is 2.64. The number of ether oxygens (including phenoxy) is 1. The average molecular weight is 303 g/mol. The lowest BCUT2D eigenvalue weighted by Gasteiger charge is -2.14. The zero-order valence-electron chi connectivity index (χ0n) is 12.4. The number of carbonyl (C=O) groups excluding carboxylic acids is 1. The fourth-order valence-corrected chi connectivity index (χ4v) is 2.64. The topological polar surface area (TPSA) is 56.2 Å². The summed E-state index contributed by atoms with van der Waals surface area (Å²) in [6.07, 6.45) is 4.76. The highest BCUT2D eigenvalue weighted by molar-refractivity contribution is 5.81. The maximum atomic E-state index is 13.6. The van der Waals surface area contributed by atoms with Crippen LogP contribution >= 0.6 is 0 Å². The smallest absolute Gasteiger partial charge is 0.249 e. The Bertz CT molecular complexity index is 678. The van der Waals surface area contributed by atoms with Crippen LogP contribution in [0.5, 0.6) is 0 Å². The number of benzene rings is 1. The minimum Gasteiger partial charge on any atom is -0.368 e. The molecule has 0 radical (unpaired) electrons. The van der Waals surface area contributed by atoms with Gasteiger partial charge < -0.3 is 14.6 Å². The van der Waals surface area contributed by atoms with Crippen LogP contribution in [-0.4, -0.2) is 28.2 Å². The fraction of sp³-hybridized carbons (Fsp3) is 0.375. The van der Waals surface area contributed by atoms with Crippen molar-refractivity contribution < 1.29 is 13.9 Å². The molecule has 0 bridgehead atoms. The molecule has 1 aliphatic heterocycles. The Morgan fingerprint density at radius 2 is 2.41 bits per heavy atom. The van der Waals surface area contributed by atoms with Gasteiger partial charge in [-0.25, -0.2) is 9.37 Å². The van der Waals surface area contributed by atoms with E-state index in [0.717, 1.165) is 24.4 Å². The molecule has 2 aromatic rings. The third-order valence-corrected chi connectivity index (χ3v) is 3.80. The molecule has 1 N–H and O–H groups in total. The summed E-state index contributed by atoms with van der Waals surface area (Å²) >= 11 is 0. The number of nitrogens with zero attached hydrogens (tertiary/aromatic N) is 2. The number of halogens is 1. The van der Waals surface area contributed by atoms with Gasteiger partial charge in [0.05, 0.1) is 5.69 Å². The maximum absolute atomic E-state index is 13.6. The van der Waals surface area contributed by atoms with E-state index >= 15 is 0 Å². The van der Waals surface area contributed by atoms with Crippen molar-refractivity contribution in [3.63, 3.8) is 0 Å². The first-order chi connectivity index (χ1) is 10.6. The van der Waals surface area contributed by atoms with Crippen molar-refractivity contribution in [1.29, 1.82) is 0 Å². The van der Waals surface area contributed by atoms with Crippen LogP contribution in [0.2, 0.25) is 0 Å². The van der Waals surface area contributed by atoms with E-state index in [4.69, 9.17) is 4.74 Å². The molecule has 1 aromatic carbocycles. The average Bonchev–Trinajstić information content (AvgIpc) is 3.16. The molecule has 1 aliphatic rings. The predicted molar refractivity (Wildman–Crippen MR) is 79.1 cm³/mol. The van der Waals surface area contributed by atoms with E-state index in [1.165, 1.54) is 12.1 Å². The second-order valence-corrected chi connectivity index (χ2v) is 5.34. The lowest BCUT2D eigenvalue weighted by Crippen LogP contribution is -2.33. The highest BCUT2D eigenvalue weighted by Gasteiger charge is 2.23. The molecule has 5 nitrogen and oxygen atoms in total.